The van der Waals surface area contributed by atoms with Gasteiger partial charge in [-0.05, 0) is 31.2 Å². The first-order chi connectivity index (χ1) is 10.9. The summed E-state index contributed by atoms with van der Waals surface area (Å²) >= 11 is 0. The van der Waals surface area contributed by atoms with Crippen LogP contribution in [0.5, 0.6) is 0 Å². The van der Waals surface area contributed by atoms with Gasteiger partial charge in [0.05, 0.1) is 5.75 Å². The van der Waals surface area contributed by atoms with Gasteiger partial charge >= 0.3 is 5.97 Å². The number of carboxylic acids is 1. The fraction of sp³-hybridized carbons (Fsp3) is 0.500. The van der Waals surface area contributed by atoms with E-state index in [0.29, 0.717) is 32.2 Å². The Morgan fingerprint density at radius 3 is 2.57 bits per heavy atom. The zero-order valence-corrected chi connectivity index (χ0v) is 13.7. The molecule has 7 heteroatoms. The van der Waals surface area contributed by atoms with E-state index in [1.54, 1.807) is 0 Å². The number of hydrogen-bond acceptors (Lipinski definition) is 4. The smallest absolute Gasteiger partial charge is 0.326 e. The second kappa shape index (κ2) is 7.59. The van der Waals surface area contributed by atoms with Gasteiger partial charge in [0.25, 0.3) is 0 Å². The number of sulfone groups is 1. The zero-order valence-electron chi connectivity index (χ0n) is 12.8. The highest BCUT2D eigenvalue weighted by molar-refractivity contribution is 7.92. The van der Waals surface area contributed by atoms with Gasteiger partial charge in [-0.1, -0.05) is 30.3 Å². The molecular weight excluding hydrogens is 318 g/mol. The van der Waals surface area contributed by atoms with Crippen molar-refractivity contribution >= 4 is 21.7 Å². The van der Waals surface area contributed by atoms with Crippen LogP contribution in [-0.2, 0) is 25.8 Å². The molecule has 2 rings (SSSR count). The Labute approximate surface area is 136 Å². The van der Waals surface area contributed by atoms with E-state index in [4.69, 9.17) is 5.11 Å². The Morgan fingerprint density at radius 2 is 1.91 bits per heavy atom. The maximum absolute atomic E-state index is 12.1. The number of rotatable bonds is 7. The van der Waals surface area contributed by atoms with Crippen molar-refractivity contribution in [2.75, 3.05) is 18.1 Å². The lowest BCUT2D eigenvalue weighted by Crippen LogP contribution is -2.43. The molecular formula is C16H21NO5S. The number of benzene rings is 1. The summed E-state index contributed by atoms with van der Waals surface area (Å²) in [5, 5.41) is 9.06. The van der Waals surface area contributed by atoms with Crippen molar-refractivity contribution in [3.63, 3.8) is 0 Å². The van der Waals surface area contributed by atoms with Crippen molar-refractivity contribution in [1.29, 1.82) is 0 Å². The van der Waals surface area contributed by atoms with Crippen LogP contribution in [-0.4, -0.2) is 54.4 Å². The number of aryl methyl sites for hydroxylation is 1. The second-order valence-electron chi connectivity index (χ2n) is 5.76. The van der Waals surface area contributed by atoms with Crippen LogP contribution in [0.3, 0.4) is 0 Å². The average Bonchev–Trinajstić information content (AvgIpc) is 2.97. The predicted octanol–water partition coefficient (Wildman–Crippen LogP) is 1.11. The lowest BCUT2D eigenvalue weighted by Gasteiger charge is -2.21. The molecule has 1 atom stereocenters. The molecule has 6 nitrogen and oxygen atoms in total. The lowest BCUT2D eigenvalue weighted by atomic mass is 10.1. The molecule has 1 N–H and O–H groups in total. The topological polar surface area (TPSA) is 91.8 Å². The summed E-state index contributed by atoms with van der Waals surface area (Å²) in [7, 11) is -3.52. The van der Waals surface area contributed by atoms with Gasteiger partial charge in [-0.15, -0.1) is 0 Å². The Kier molecular flexibility index (Phi) is 5.76. The Morgan fingerprint density at radius 1 is 1.22 bits per heavy atom. The number of aliphatic carboxylic acids is 1. The molecule has 1 saturated heterocycles. The van der Waals surface area contributed by atoms with Gasteiger partial charge in [-0.25, -0.2) is 13.2 Å². The molecule has 1 aromatic rings. The van der Waals surface area contributed by atoms with E-state index in [-0.39, 0.29) is 5.75 Å². The van der Waals surface area contributed by atoms with Crippen molar-refractivity contribution in [2.45, 2.75) is 31.7 Å². The Hall–Kier alpha value is -1.89. The quantitative estimate of drug-likeness (QED) is 0.803. The van der Waals surface area contributed by atoms with Gasteiger partial charge in [-0.2, -0.15) is 0 Å². The Bertz CT molecular complexity index is 656. The van der Waals surface area contributed by atoms with Gasteiger partial charge in [0.1, 0.15) is 11.8 Å². The molecule has 1 aliphatic heterocycles. The summed E-state index contributed by atoms with van der Waals surface area (Å²) in [6.07, 6.45) is 2.06. The van der Waals surface area contributed by atoms with Crippen LogP contribution in [0, 0.1) is 0 Å². The molecule has 0 aliphatic carbocycles. The predicted molar refractivity (Wildman–Crippen MR) is 85.8 cm³/mol. The number of carboxylic acid groups (broad SMARTS) is 1. The number of carbonyl (C=O) groups excluding carboxylic acids is 1. The van der Waals surface area contributed by atoms with E-state index in [0.717, 1.165) is 5.56 Å². The van der Waals surface area contributed by atoms with Gasteiger partial charge in [0.2, 0.25) is 5.91 Å². The van der Waals surface area contributed by atoms with Crippen LogP contribution in [0.1, 0.15) is 24.8 Å². The highest BCUT2D eigenvalue weighted by Gasteiger charge is 2.35. The molecule has 0 radical (unpaired) electrons. The molecule has 1 fully saturated rings. The van der Waals surface area contributed by atoms with Crippen molar-refractivity contribution in [3.8, 4) is 0 Å². The van der Waals surface area contributed by atoms with E-state index >= 15 is 0 Å². The van der Waals surface area contributed by atoms with Crippen LogP contribution in [0.2, 0.25) is 0 Å². The molecule has 126 valence electrons. The van der Waals surface area contributed by atoms with E-state index in [2.05, 4.69) is 0 Å². The van der Waals surface area contributed by atoms with Crippen LogP contribution in [0.15, 0.2) is 30.3 Å². The van der Waals surface area contributed by atoms with Crippen molar-refractivity contribution in [3.05, 3.63) is 35.9 Å². The molecule has 1 amide bonds. The van der Waals surface area contributed by atoms with E-state index in [9.17, 15) is 18.0 Å². The van der Waals surface area contributed by atoms with Gasteiger partial charge in [-0.3, -0.25) is 4.79 Å². The first kappa shape index (κ1) is 17.5. The molecule has 1 aliphatic rings. The molecule has 0 unspecified atom stereocenters. The van der Waals surface area contributed by atoms with Crippen LogP contribution >= 0.6 is 0 Å². The number of carbonyl (C=O) groups is 2. The van der Waals surface area contributed by atoms with E-state index in [1.165, 1.54) is 4.90 Å². The van der Waals surface area contributed by atoms with E-state index in [1.807, 2.05) is 30.3 Å². The Balaban J connectivity index is 1.85. The summed E-state index contributed by atoms with van der Waals surface area (Å²) in [4.78, 5) is 24.3. The number of likely N-dealkylation sites (tertiary alicyclic amines) is 1. The monoisotopic (exact) mass is 339 g/mol. The van der Waals surface area contributed by atoms with Crippen LogP contribution in [0.25, 0.3) is 0 Å². The van der Waals surface area contributed by atoms with Crippen LogP contribution < -0.4 is 0 Å². The highest BCUT2D eigenvalue weighted by Crippen LogP contribution is 2.18. The fourth-order valence-corrected chi connectivity index (χ4v) is 4.08. The SMILES string of the molecule is O=C(O)[C@@H]1CCCN1C(=O)CS(=O)(=O)CCCc1ccccc1. The molecule has 0 spiro atoms. The van der Waals surface area contributed by atoms with Crippen molar-refractivity contribution in [2.24, 2.45) is 0 Å². The highest BCUT2D eigenvalue weighted by atomic mass is 32.2. The minimum Gasteiger partial charge on any atom is -0.480 e. The third-order valence-electron chi connectivity index (χ3n) is 3.97. The fourth-order valence-electron chi connectivity index (χ4n) is 2.81. The molecule has 0 bridgehead atoms. The number of nitrogens with zero attached hydrogens (tertiary/aromatic N) is 1. The van der Waals surface area contributed by atoms with Gasteiger partial charge in [0.15, 0.2) is 9.84 Å². The lowest BCUT2D eigenvalue weighted by molar-refractivity contribution is -0.147. The summed E-state index contributed by atoms with van der Waals surface area (Å²) in [6.45, 7) is 0.315. The first-order valence-electron chi connectivity index (χ1n) is 7.66. The van der Waals surface area contributed by atoms with Crippen molar-refractivity contribution < 1.29 is 23.1 Å². The molecule has 23 heavy (non-hydrogen) atoms. The maximum atomic E-state index is 12.1. The summed E-state index contributed by atoms with van der Waals surface area (Å²) < 4.78 is 24.1. The molecule has 0 saturated carbocycles. The first-order valence-corrected chi connectivity index (χ1v) is 9.48. The van der Waals surface area contributed by atoms with Gasteiger partial charge in [0, 0.05) is 6.54 Å². The van der Waals surface area contributed by atoms with Crippen molar-refractivity contribution in [1.82, 2.24) is 4.90 Å². The summed E-state index contributed by atoms with van der Waals surface area (Å²) in [6, 6.07) is 8.66. The molecule has 1 aromatic carbocycles. The molecule has 1 heterocycles. The second-order valence-corrected chi connectivity index (χ2v) is 7.95. The van der Waals surface area contributed by atoms with Gasteiger partial charge < -0.3 is 10.0 Å². The number of hydrogen-bond donors (Lipinski definition) is 1. The maximum Gasteiger partial charge on any atom is 0.326 e. The largest absolute Gasteiger partial charge is 0.480 e. The third-order valence-corrected chi connectivity index (χ3v) is 5.56. The molecule has 0 aromatic heterocycles. The van der Waals surface area contributed by atoms with Crippen LogP contribution in [0.4, 0.5) is 0 Å². The average molecular weight is 339 g/mol. The number of amides is 1. The normalized spacial score (nSPS) is 18.1. The zero-order chi connectivity index (χ0) is 16.9. The summed E-state index contributed by atoms with van der Waals surface area (Å²) in [5.41, 5.74) is 1.06. The summed E-state index contributed by atoms with van der Waals surface area (Å²) in [5.74, 6) is -2.35. The third kappa shape index (κ3) is 5.06. The standard InChI is InChI=1S/C16H21NO5S/c18-15(17-10-4-9-14(17)16(19)20)12-23(21,22)11-5-8-13-6-2-1-3-7-13/h1-3,6-7,14H,4-5,8-12H2,(H,19,20)/t14-/m0/s1. The minimum absolute atomic E-state index is 0.0702. The minimum atomic E-state index is -3.52. The van der Waals surface area contributed by atoms with E-state index < -0.39 is 33.5 Å².